The number of hydroxylamine groups is 1. The molecular weight excluding hydrogens is 1500 g/mol. The Morgan fingerprint density at radius 3 is 0.923 bits per heavy atom. The van der Waals surface area contributed by atoms with Crippen LogP contribution in [0.4, 0.5) is 0 Å². The summed E-state index contributed by atoms with van der Waals surface area (Å²) in [6, 6.07) is -1.80. The number of ether oxygens (including phenoxy) is 5. The van der Waals surface area contributed by atoms with Crippen molar-refractivity contribution in [3.05, 3.63) is 0 Å². The second-order valence-electron chi connectivity index (χ2n) is 34.8. The van der Waals surface area contributed by atoms with Gasteiger partial charge in [0.05, 0.1) is 25.9 Å². The van der Waals surface area contributed by atoms with Crippen molar-refractivity contribution in [2.24, 2.45) is 0 Å². The summed E-state index contributed by atoms with van der Waals surface area (Å²) in [6.45, 7) is 14.4. The number of aliphatic hydroxyl groups excluding tert-OH is 1. The fourth-order valence-electron chi connectivity index (χ4n) is 16.2. The number of carbonyl (C=O) groups excluding carboxylic acids is 6. The van der Waals surface area contributed by atoms with Crippen LogP contribution in [0.5, 0.6) is 0 Å². The minimum Gasteiger partial charge on any atom is -0.462 e. The summed E-state index contributed by atoms with van der Waals surface area (Å²) < 4.78 is 49.7. The lowest BCUT2D eigenvalue weighted by Gasteiger charge is -2.45. The molecule has 6 N–H and O–H groups in total. The Morgan fingerprint density at radius 2 is 0.632 bits per heavy atom. The van der Waals surface area contributed by atoms with Crippen LogP contribution in [-0.4, -0.2) is 119 Å². The first-order valence-corrected chi connectivity index (χ1v) is 51.2. The quantitative estimate of drug-likeness (QED) is 0.0108. The molecule has 1 rings (SSSR count). The molecule has 1 heterocycles. The van der Waals surface area contributed by atoms with Gasteiger partial charge in [-0.2, -0.15) is 0 Å². The van der Waals surface area contributed by atoms with E-state index in [1.807, 2.05) is 6.92 Å². The third-order valence-corrected chi connectivity index (χ3v) is 24.1. The minimum absolute atomic E-state index is 0.0346. The van der Waals surface area contributed by atoms with Crippen molar-refractivity contribution in [3.8, 4) is 0 Å². The zero-order valence-electron chi connectivity index (χ0n) is 76.5. The molecular formula is C96H184N3O17P. The molecule has 690 valence electrons. The SMILES string of the molecule is CCCCCCCCCCCCCC(=O)O[C@H](CCCCCCCCCCC)CC(=O)NO[C@@H]1[C@H](NC(=O)C[C@@H](CCCCCCCCCCC)OC(=O)CCCCCCCCCCCCC)[C@@H](OCCCC(CC)NC(=O)C[C@@H](CCCCCCCCCCC)OC(=O)CCCCCCCCCCCCC)O[C@H](CO)[C@H]1OP(=O)(O)O. The van der Waals surface area contributed by atoms with Gasteiger partial charge < -0.3 is 49.2 Å². The lowest BCUT2D eigenvalue weighted by molar-refractivity contribution is -0.281. The molecule has 0 saturated carbocycles. The number of aliphatic hydroxyl groups is 1. The van der Waals surface area contributed by atoms with Gasteiger partial charge in [0.15, 0.2) is 6.29 Å². The molecule has 1 aliphatic rings. The van der Waals surface area contributed by atoms with Crippen LogP contribution >= 0.6 is 7.82 Å². The molecule has 1 unspecified atom stereocenters. The van der Waals surface area contributed by atoms with Crippen molar-refractivity contribution in [2.45, 2.75) is 566 Å². The van der Waals surface area contributed by atoms with Crippen molar-refractivity contribution in [1.29, 1.82) is 0 Å². The number of nitrogens with one attached hydrogen (secondary N) is 3. The Balaban J connectivity index is 3.65. The molecule has 0 aromatic rings. The molecule has 20 nitrogen and oxygen atoms in total. The van der Waals surface area contributed by atoms with Crippen molar-refractivity contribution >= 4 is 43.5 Å². The topological polar surface area (TPSA) is 281 Å². The molecule has 21 heteroatoms. The number of phosphoric ester groups is 1. The maximum Gasteiger partial charge on any atom is 0.470 e. The fourth-order valence-corrected chi connectivity index (χ4v) is 16.8. The smallest absolute Gasteiger partial charge is 0.462 e. The molecule has 0 radical (unpaired) electrons. The van der Waals surface area contributed by atoms with Gasteiger partial charge in [-0.15, -0.1) is 0 Å². The van der Waals surface area contributed by atoms with Crippen LogP contribution in [0.3, 0.4) is 0 Å². The van der Waals surface area contributed by atoms with Gasteiger partial charge in [-0.1, -0.05) is 395 Å². The number of amides is 3. The predicted molar refractivity (Wildman–Crippen MR) is 477 cm³/mol. The van der Waals surface area contributed by atoms with Crippen molar-refractivity contribution in [3.63, 3.8) is 0 Å². The Hall–Kier alpha value is -3.23. The summed E-state index contributed by atoms with van der Waals surface area (Å²) in [5, 5.41) is 17.2. The van der Waals surface area contributed by atoms with Gasteiger partial charge in [0, 0.05) is 31.9 Å². The van der Waals surface area contributed by atoms with E-state index < -0.39 is 87.1 Å². The van der Waals surface area contributed by atoms with Gasteiger partial charge in [0.1, 0.15) is 42.7 Å². The van der Waals surface area contributed by atoms with Gasteiger partial charge in [0.2, 0.25) is 17.7 Å². The average molecular weight is 1680 g/mol. The Labute approximate surface area is 716 Å². The van der Waals surface area contributed by atoms with Gasteiger partial charge in [-0.3, -0.25) is 38.1 Å². The lowest BCUT2D eigenvalue weighted by atomic mass is 9.96. The highest BCUT2D eigenvalue weighted by Gasteiger charge is 2.52. The first kappa shape index (κ1) is 112. The molecule has 0 bridgehead atoms. The summed E-state index contributed by atoms with van der Waals surface area (Å²) >= 11 is 0. The molecule has 0 aliphatic carbocycles. The van der Waals surface area contributed by atoms with Gasteiger partial charge in [-0.05, 0) is 77.0 Å². The molecule has 0 aromatic carbocycles. The van der Waals surface area contributed by atoms with E-state index in [4.69, 9.17) is 33.0 Å². The molecule has 0 spiro atoms. The van der Waals surface area contributed by atoms with E-state index in [2.05, 4.69) is 57.7 Å². The standard InChI is InChI=1S/C96H184N3O17P/c1-8-15-21-27-33-39-42-48-54-60-66-74-90(104)111-83(71-63-57-51-45-36-30-24-18-11-4)78-87(101)97-82(14-7)70-69-77-110-96-93(98-88(102)79-84(72-64-58-52-46-37-31-25-19-12-5)112-91(105)75-67-61-55-49-43-40-34-28-22-16-9-2)95(94(86(81-100)114-96)116-117(107,108)109)115-99-89(103)80-85(73-65-59-53-47-38-32-26-20-13-6)113-92(106)76-68-62-56-50-44-41-35-29-23-17-10-3/h82-86,93-96,100H,8-81H2,1-7H3,(H,97,101)(H,98,102)(H,99,103)(H2,107,108,109)/t82?,83-,84-,85-,86-,93+,94-,95-,96+/m1/s1. The average Bonchev–Trinajstić information content (AvgIpc) is 0.783. The van der Waals surface area contributed by atoms with Crippen molar-refractivity contribution in [1.82, 2.24) is 16.1 Å². The number of phosphoric acid groups is 1. The van der Waals surface area contributed by atoms with Crippen LogP contribution in [0.1, 0.15) is 511 Å². The lowest BCUT2D eigenvalue weighted by Crippen LogP contribution is -2.67. The first-order chi connectivity index (χ1) is 57.0. The van der Waals surface area contributed by atoms with Gasteiger partial charge >= 0.3 is 25.7 Å². The van der Waals surface area contributed by atoms with Crippen molar-refractivity contribution < 1.29 is 81.3 Å². The first-order valence-electron chi connectivity index (χ1n) is 49.7. The zero-order valence-corrected chi connectivity index (χ0v) is 77.4. The molecule has 117 heavy (non-hydrogen) atoms. The number of carbonyl (C=O) groups is 6. The van der Waals surface area contributed by atoms with E-state index in [1.165, 1.54) is 225 Å². The van der Waals surface area contributed by atoms with Crippen LogP contribution in [0.25, 0.3) is 0 Å². The third kappa shape index (κ3) is 68.8. The summed E-state index contributed by atoms with van der Waals surface area (Å²) in [5.41, 5.74) is 2.48. The number of hydrogen-bond donors (Lipinski definition) is 6. The second kappa shape index (κ2) is 81.1. The molecule has 0 aromatic heterocycles. The molecule has 1 saturated heterocycles. The van der Waals surface area contributed by atoms with Crippen LogP contribution in [-0.2, 0) is 66.4 Å². The summed E-state index contributed by atoms with van der Waals surface area (Å²) in [7, 11) is -5.44. The highest BCUT2D eigenvalue weighted by Crippen LogP contribution is 2.42. The second-order valence-corrected chi connectivity index (χ2v) is 36.0. The monoisotopic (exact) mass is 1680 g/mol. The Kier molecular flexibility index (Phi) is 77.5. The Bertz CT molecular complexity index is 2350. The summed E-state index contributed by atoms with van der Waals surface area (Å²) in [5.74, 6) is -2.63. The summed E-state index contributed by atoms with van der Waals surface area (Å²) in [6.07, 6.45) is 61.5. The van der Waals surface area contributed by atoms with E-state index in [0.717, 1.165) is 135 Å². The summed E-state index contributed by atoms with van der Waals surface area (Å²) in [4.78, 5) is 111. The maximum atomic E-state index is 14.9. The minimum atomic E-state index is -5.44. The molecule has 1 aliphatic heterocycles. The highest BCUT2D eigenvalue weighted by molar-refractivity contribution is 7.46. The number of hydrogen-bond acceptors (Lipinski definition) is 15. The third-order valence-electron chi connectivity index (χ3n) is 23.5. The predicted octanol–water partition coefficient (Wildman–Crippen LogP) is 25.5. The van der Waals surface area contributed by atoms with Gasteiger partial charge in [-0.25, -0.2) is 10.0 Å². The van der Waals surface area contributed by atoms with Crippen LogP contribution in [0.15, 0.2) is 0 Å². The van der Waals surface area contributed by atoms with E-state index >= 15 is 0 Å². The van der Waals surface area contributed by atoms with E-state index in [1.54, 1.807) is 0 Å². The molecule has 1 fully saturated rings. The van der Waals surface area contributed by atoms with E-state index in [-0.39, 0.29) is 56.6 Å². The van der Waals surface area contributed by atoms with Gasteiger partial charge in [0.25, 0.3) is 0 Å². The van der Waals surface area contributed by atoms with E-state index in [9.17, 15) is 48.2 Å². The number of rotatable bonds is 88. The fraction of sp³-hybridized carbons (Fsp3) is 0.938. The Morgan fingerprint density at radius 1 is 0.350 bits per heavy atom. The molecule has 3 amide bonds. The maximum absolute atomic E-state index is 14.9. The highest BCUT2D eigenvalue weighted by atomic mass is 31.2. The zero-order chi connectivity index (χ0) is 85.6. The largest absolute Gasteiger partial charge is 0.470 e. The normalized spacial score (nSPS) is 16.7. The number of esters is 3. The number of unbranched alkanes of at least 4 members (excludes halogenated alkanes) is 54. The van der Waals surface area contributed by atoms with E-state index in [0.29, 0.717) is 70.6 Å². The molecule has 9 atom stereocenters. The van der Waals surface area contributed by atoms with Crippen molar-refractivity contribution in [2.75, 3.05) is 13.2 Å². The van der Waals surface area contributed by atoms with Crippen LogP contribution in [0, 0.1) is 0 Å². The van der Waals surface area contributed by atoms with Crippen LogP contribution < -0.4 is 16.1 Å². The van der Waals surface area contributed by atoms with Crippen LogP contribution in [0.2, 0.25) is 0 Å².